The Kier molecular flexibility index (Phi) is 6.40. The lowest BCUT2D eigenvalue weighted by Crippen LogP contribution is -2.13. The molecular formula is C26H21NO7. The molecule has 0 amide bonds. The van der Waals surface area contributed by atoms with Crippen LogP contribution in [0.3, 0.4) is 0 Å². The first-order valence-electron chi connectivity index (χ1n) is 10.6. The minimum absolute atomic E-state index is 0.0580. The van der Waals surface area contributed by atoms with Crippen LogP contribution in [0.5, 0.6) is 17.2 Å². The Hall–Kier alpha value is -4.46. The molecule has 0 atom stereocenters. The lowest BCUT2D eigenvalue weighted by molar-refractivity contribution is -0.385. The number of benzene rings is 3. The number of nitrogens with zero attached hydrogens (tertiary/aromatic N) is 1. The first-order valence-corrected chi connectivity index (χ1v) is 10.6. The smallest absolute Gasteiger partial charge is 0.311 e. The second kappa shape index (κ2) is 9.58. The molecule has 0 aliphatic heterocycles. The molecule has 0 aliphatic rings. The van der Waals surface area contributed by atoms with E-state index in [0.29, 0.717) is 23.3 Å². The van der Waals surface area contributed by atoms with Gasteiger partial charge in [-0.3, -0.25) is 19.7 Å². The molecule has 0 N–H and O–H groups in total. The van der Waals surface area contributed by atoms with Crippen molar-refractivity contribution in [3.63, 3.8) is 0 Å². The zero-order valence-electron chi connectivity index (χ0n) is 18.6. The highest BCUT2D eigenvalue weighted by Gasteiger charge is 2.21. The number of aryl methyl sites for hydroxylation is 2. The molecule has 4 rings (SSSR count). The Morgan fingerprint density at radius 3 is 2.44 bits per heavy atom. The standard InChI is InChI=1S/C26H21NO7/c1-3-17-13-19-24(14-23(17)32-15-21(28)18-9-5-4-6-10-18)33-16(2)26(25(19)29)34-22-12-8-7-11-20(22)27(30)31/h4-14H,3,15H2,1-2H3. The molecule has 0 bridgehead atoms. The van der Waals surface area contributed by atoms with Gasteiger partial charge in [-0.15, -0.1) is 0 Å². The molecule has 0 aliphatic carbocycles. The summed E-state index contributed by atoms with van der Waals surface area (Å²) in [6.45, 7) is 3.27. The van der Waals surface area contributed by atoms with Gasteiger partial charge < -0.3 is 13.9 Å². The second-order valence-electron chi connectivity index (χ2n) is 7.53. The SMILES string of the molecule is CCc1cc2c(=O)c(Oc3ccccc3[N+](=O)[O-])c(C)oc2cc1OCC(=O)c1ccccc1. The van der Waals surface area contributed by atoms with E-state index in [1.807, 2.05) is 13.0 Å². The monoisotopic (exact) mass is 459 g/mol. The van der Waals surface area contributed by atoms with E-state index in [1.54, 1.807) is 42.5 Å². The van der Waals surface area contributed by atoms with Crippen LogP contribution in [0.25, 0.3) is 11.0 Å². The van der Waals surface area contributed by atoms with Gasteiger partial charge >= 0.3 is 5.69 Å². The van der Waals surface area contributed by atoms with E-state index < -0.39 is 10.4 Å². The van der Waals surface area contributed by atoms with Gasteiger partial charge in [0.1, 0.15) is 17.1 Å². The van der Waals surface area contributed by atoms with Crippen molar-refractivity contribution < 1.29 is 23.6 Å². The molecule has 3 aromatic carbocycles. The maximum atomic E-state index is 13.2. The first-order chi connectivity index (χ1) is 16.4. The van der Waals surface area contributed by atoms with E-state index in [2.05, 4.69) is 0 Å². The maximum absolute atomic E-state index is 13.2. The van der Waals surface area contributed by atoms with Crippen molar-refractivity contribution in [3.05, 3.63) is 104 Å². The fourth-order valence-electron chi connectivity index (χ4n) is 3.55. The number of para-hydroxylation sites is 2. The zero-order valence-corrected chi connectivity index (χ0v) is 18.6. The fraction of sp³-hybridized carbons (Fsp3) is 0.154. The van der Waals surface area contributed by atoms with Crippen molar-refractivity contribution in [1.82, 2.24) is 0 Å². The molecule has 0 saturated carbocycles. The Morgan fingerprint density at radius 2 is 1.74 bits per heavy atom. The average molecular weight is 459 g/mol. The molecule has 34 heavy (non-hydrogen) atoms. The van der Waals surface area contributed by atoms with Crippen LogP contribution in [-0.4, -0.2) is 17.3 Å². The van der Waals surface area contributed by atoms with Gasteiger partial charge in [-0.05, 0) is 31.0 Å². The number of Topliss-reactive ketones (excluding diaryl/α,β-unsaturated/α-hetero) is 1. The van der Waals surface area contributed by atoms with Gasteiger partial charge in [0.15, 0.2) is 12.4 Å². The summed E-state index contributed by atoms with van der Waals surface area (Å²) in [6.07, 6.45) is 0.540. The number of nitro benzene ring substituents is 1. The summed E-state index contributed by atoms with van der Waals surface area (Å²) in [5.74, 6) is 0.239. The number of nitro groups is 1. The van der Waals surface area contributed by atoms with Crippen molar-refractivity contribution in [2.75, 3.05) is 6.61 Å². The molecule has 0 spiro atoms. The highest BCUT2D eigenvalue weighted by molar-refractivity contribution is 5.97. The molecule has 172 valence electrons. The van der Waals surface area contributed by atoms with Crippen molar-refractivity contribution in [3.8, 4) is 17.2 Å². The summed E-state index contributed by atoms with van der Waals surface area (Å²) in [5, 5.41) is 11.5. The van der Waals surface area contributed by atoms with Crippen LogP contribution in [0.4, 0.5) is 5.69 Å². The number of hydrogen-bond donors (Lipinski definition) is 0. The minimum Gasteiger partial charge on any atom is -0.485 e. The van der Waals surface area contributed by atoms with Crippen molar-refractivity contribution >= 4 is 22.4 Å². The predicted octanol–water partition coefficient (Wildman–Crippen LogP) is 5.63. The quantitative estimate of drug-likeness (QED) is 0.191. The van der Waals surface area contributed by atoms with Crippen LogP contribution in [0.1, 0.15) is 28.6 Å². The van der Waals surface area contributed by atoms with Crippen LogP contribution in [-0.2, 0) is 6.42 Å². The van der Waals surface area contributed by atoms with E-state index in [9.17, 15) is 19.7 Å². The van der Waals surface area contributed by atoms with Crippen molar-refractivity contribution in [2.45, 2.75) is 20.3 Å². The number of ketones is 1. The summed E-state index contributed by atoms with van der Waals surface area (Å²) in [6, 6.07) is 17.8. The molecule has 1 heterocycles. The van der Waals surface area contributed by atoms with E-state index in [4.69, 9.17) is 13.9 Å². The third kappa shape index (κ3) is 4.52. The Balaban J connectivity index is 1.69. The predicted molar refractivity (Wildman–Crippen MR) is 126 cm³/mol. The van der Waals surface area contributed by atoms with Crippen LogP contribution >= 0.6 is 0 Å². The lowest BCUT2D eigenvalue weighted by atomic mass is 10.1. The number of carbonyl (C=O) groups is 1. The second-order valence-corrected chi connectivity index (χ2v) is 7.53. The molecule has 8 nitrogen and oxygen atoms in total. The third-order valence-corrected chi connectivity index (χ3v) is 5.31. The normalized spacial score (nSPS) is 10.8. The number of ether oxygens (including phenoxy) is 2. The number of carbonyl (C=O) groups excluding carboxylic acids is 1. The van der Waals surface area contributed by atoms with E-state index >= 15 is 0 Å². The molecule has 0 radical (unpaired) electrons. The zero-order chi connectivity index (χ0) is 24.2. The summed E-state index contributed by atoms with van der Waals surface area (Å²) < 4.78 is 17.2. The summed E-state index contributed by atoms with van der Waals surface area (Å²) in [5.41, 5.74) is 0.791. The van der Waals surface area contributed by atoms with Gasteiger partial charge in [0.2, 0.25) is 16.9 Å². The molecule has 8 heteroatoms. The van der Waals surface area contributed by atoms with Gasteiger partial charge in [0, 0.05) is 17.7 Å². The highest BCUT2D eigenvalue weighted by Crippen LogP contribution is 2.33. The Morgan fingerprint density at radius 1 is 1.03 bits per heavy atom. The van der Waals surface area contributed by atoms with Gasteiger partial charge in [-0.25, -0.2) is 0 Å². The first kappa shape index (κ1) is 22.7. The lowest BCUT2D eigenvalue weighted by Gasteiger charge is -2.13. The molecule has 0 saturated heterocycles. The van der Waals surface area contributed by atoms with Gasteiger partial charge in [0.05, 0.1) is 10.3 Å². The van der Waals surface area contributed by atoms with E-state index in [0.717, 1.165) is 0 Å². The van der Waals surface area contributed by atoms with Crippen LogP contribution in [0.2, 0.25) is 0 Å². The molecule has 0 unspecified atom stereocenters. The molecular weight excluding hydrogens is 438 g/mol. The maximum Gasteiger partial charge on any atom is 0.311 e. The van der Waals surface area contributed by atoms with E-state index in [1.165, 1.54) is 25.1 Å². The van der Waals surface area contributed by atoms with Crippen LogP contribution in [0.15, 0.2) is 75.9 Å². The van der Waals surface area contributed by atoms with Gasteiger partial charge in [0.25, 0.3) is 0 Å². The van der Waals surface area contributed by atoms with Crippen LogP contribution < -0.4 is 14.9 Å². The van der Waals surface area contributed by atoms with Gasteiger partial charge in [-0.1, -0.05) is 49.4 Å². The fourth-order valence-corrected chi connectivity index (χ4v) is 3.55. The average Bonchev–Trinajstić information content (AvgIpc) is 2.85. The topological polar surface area (TPSA) is 109 Å². The summed E-state index contributed by atoms with van der Waals surface area (Å²) >= 11 is 0. The summed E-state index contributed by atoms with van der Waals surface area (Å²) in [4.78, 5) is 36.4. The number of hydrogen-bond acceptors (Lipinski definition) is 7. The Bertz CT molecular complexity index is 1440. The molecule has 1 aromatic heterocycles. The molecule has 0 fully saturated rings. The van der Waals surface area contributed by atoms with Gasteiger partial charge in [-0.2, -0.15) is 0 Å². The Labute approximate surface area is 194 Å². The highest BCUT2D eigenvalue weighted by atomic mass is 16.6. The van der Waals surface area contributed by atoms with Crippen molar-refractivity contribution in [1.29, 1.82) is 0 Å². The molecule has 4 aromatic rings. The largest absolute Gasteiger partial charge is 0.485 e. The number of fused-ring (bicyclic) bond motifs is 1. The van der Waals surface area contributed by atoms with E-state index in [-0.39, 0.29) is 46.3 Å². The minimum atomic E-state index is -0.580. The van der Waals surface area contributed by atoms with Crippen molar-refractivity contribution in [2.24, 2.45) is 0 Å². The summed E-state index contributed by atoms with van der Waals surface area (Å²) in [7, 11) is 0. The number of rotatable bonds is 8. The van der Waals surface area contributed by atoms with Crippen LogP contribution in [0, 0.1) is 17.0 Å². The third-order valence-electron chi connectivity index (χ3n) is 5.31.